The molecule has 0 aliphatic heterocycles. The number of hydrogen-bond acceptors (Lipinski definition) is 3. The molecule has 19 heavy (non-hydrogen) atoms. The van der Waals surface area contributed by atoms with E-state index in [0.717, 1.165) is 18.2 Å². The molecule has 106 valence electrons. The second-order valence-electron chi connectivity index (χ2n) is 5.56. The lowest BCUT2D eigenvalue weighted by molar-refractivity contribution is 0.000342. The first-order chi connectivity index (χ1) is 9.31. The molecule has 3 nitrogen and oxygen atoms in total. The van der Waals surface area contributed by atoms with Crippen molar-refractivity contribution >= 4 is 0 Å². The van der Waals surface area contributed by atoms with Gasteiger partial charge in [0.05, 0.1) is 18.4 Å². The Labute approximate surface area is 116 Å². The number of aromatic nitrogens is 1. The summed E-state index contributed by atoms with van der Waals surface area (Å²) >= 11 is 0. The molecule has 0 bridgehead atoms. The minimum Gasteiger partial charge on any atom is -0.372 e. The van der Waals surface area contributed by atoms with Crippen molar-refractivity contribution in [3.05, 3.63) is 29.6 Å². The lowest BCUT2D eigenvalue weighted by Crippen LogP contribution is -2.22. The molecule has 0 aromatic carbocycles. The summed E-state index contributed by atoms with van der Waals surface area (Å²) in [5.74, 6) is 0.865. The molecule has 1 heterocycles. The highest BCUT2D eigenvalue weighted by atomic mass is 16.5. The summed E-state index contributed by atoms with van der Waals surface area (Å²) < 4.78 is 6.02. The zero-order chi connectivity index (χ0) is 13.5. The number of pyridine rings is 1. The van der Waals surface area contributed by atoms with Gasteiger partial charge in [0.1, 0.15) is 0 Å². The molecule has 1 aliphatic rings. The largest absolute Gasteiger partial charge is 0.372 e. The SMILES string of the molecule is CCC1CCCC(OCc2ccc(CNC)cn2)C1. The third kappa shape index (κ3) is 4.59. The predicted octanol–water partition coefficient (Wildman–Crippen LogP) is 3.29. The van der Waals surface area contributed by atoms with E-state index in [9.17, 15) is 0 Å². The summed E-state index contributed by atoms with van der Waals surface area (Å²) in [6, 6.07) is 4.20. The Morgan fingerprint density at radius 3 is 2.95 bits per heavy atom. The van der Waals surface area contributed by atoms with Crippen LogP contribution >= 0.6 is 0 Å². The van der Waals surface area contributed by atoms with Gasteiger partial charge in [-0.1, -0.05) is 32.3 Å². The highest BCUT2D eigenvalue weighted by Gasteiger charge is 2.21. The molecule has 3 heteroatoms. The Balaban J connectivity index is 1.78. The van der Waals surface area contributed by atoms with E-state index >= 15 is 0 Å². The molecule has 1 fully saturated rings. The van der Waals surface area contributed by atoms with Crippen molar-refractivity contribution in [1.82, 2.24) is 10.3 Å². The van der Waals surface area contributed by atoms with Crippen LogP contribution in [0.15, 0.2) is 18.3 Å². The quantitative estimate of drug-likeness (QED) is 0.854. The number of ether oxygens (including phenoxy) is 1. The molecule has 2 atom stereocenters. The van der Waals surface area contributed by atoms with Crippen molar-refractivity contribution in [3.63, 3.8) is 0 Å². The number of hydrogen-bond donors (Lipinski definition) is 1. The van der Waals surface area contributed by atoms with E-state index < -0.39 is 0 Å². The second kappa shape index (κ2) is 7.61. The predicted molar refractivity (Wildman–Crippen MR) is 77.8 cm³/mol. The average molecular weight is 262 g/mol. The van der Waals surface area contributed by atoms with Gasteiger partial charge in [-0.2, -0.15) is 0 Å². The van der Waals surface area contributed by atoms with E-state index in [4.69, 9.17) is 4.74 Å². The van der Waals surface area contributed by atoms with Crippen molar-refractivity contribution in [3.8, 4) is 0 Å². The van der Waals surface area contributed by atoms with E-state index in [1.165, 1.54) is 37.7 Å². The molecule has 1 aromatic rings. The third-order valence-corrected chi connectivity index (χ3v) is 4.05. The van der Waals surface area contributed by atoms with Gasteiger partial charge < -0.3 is 10.1 Å². The fourth-order valence-electron chi connectivity index (χ4n) is 2.82. The fourth-order valence-corrected chi connectivity index (χ4v) is 2.82. The summed E-state index contributed by atoms with van der Waals surface area (Å²) in [6.07, 6.45) is 8.81. The van der Waals surface area contributed by atoms with E-state index in [2.05, 4.69) is 29.4 Å². The second-order valence-corrected chi connectivity index (χ2v) is 5.56. The number of rotatable bonds is 6. The van der Waals surface area contributed by atoms with Crippen LogP contribution in [0, 0.1) is 5.92 Å². The van der Waals surface area contributed by atoms with Gasteiger partial charge in [0.15, 0.2) is 0 Å². The highest BCUT2D eigenvalue weighted by Crippen LogP contribution is 2.28. The minimum absolute atomic E-state index is 0.442. The van der Waals surface area contributed by atoms with E-state index in [-0.39, 0.29) is 0 Å². The van der Waals surface area contributed by atoms with Gasteiger partial charge in [-0.3, -0.25) is 4.98 Å². The van der Waals surface area contributed by atoms with Crippen LogP contribution < -0.4 is 5.32 Å². The highest BCUT2D eigenvalue weighted by molar-refractivity contribution is 5.13. The zero-order valence-corrected chi connectivity index (χ0v) is 12.2. The van der Waals surface area contributed by atoms with E-state index in [1.54, 1.807) is 0 Å². The normalized spacial score (nSPS) is 23.5. The maximum Gasteiger partial charge on any atom is 0.0891 e. The van der Waals surface area contributed by atoms with Crippen LogP contribution in [0.3, 0.4) is 0 Å². The molecule has 0 amide bonds. The van der Waals surface area contributed by atoms with Crippen LogP contribution in [0.2, 0.25) is 0 Å². The molecular weight excluding hydrogens is 236 g/mol. The van der Waals surface area contributed by atoms with Crippen LogP contribution in [0.4, 0.5) is 0 Å². The minimum atomic E-state index is 0.442. The Kier molecular flexibility index (Phi) is 5.80. The van der Waals surface area contributed by atoms with Crippen molar-refractivity contribution < 1.29 is 4.74 Å². The van der Waals surface area contributed by atoms with Crippen LogP contribution in [0.25, 0.3) is 0 Å². The number of nitrogens with zero attached hydrogens (tertiary/aromatic N) is 1. The molecule has 1 aromatic heterocycles. The summed E-state index contributed by atoms with van der Waals surface area (Å²) in [4.78, 5) is 4.46. The maximum absolute atomic E-state index is 6.02. The summed E-state index contributed by atoms with van der Waals surface area (Å²) in [7, 11) is 1.95. The molecule has 2 unspecified atom stereocenters. The van der Waals surface area contributed by atoms with Gasteiger partial charge in [0.2, 0.25) is 0 Å². The smallest absolute Gasteiger partial charge is 0.0891 e. The van der Waals surface area contributed by atoms with Crippen molar-refractivity contribution in [2.75, 3.05) is 7.05 Å². The van der Waals surface area contributed by atoms with Crippen molar-refractivity contribution in [2.45, 2.75) is 58.3 Å². The standard InChI is InChI=1S/C16H26N2O/c1-3-13-5-4-6-16(9-13)19-12-15-8-7-14(10-17-2)11-18-15/h7-8,11,13,16-17H,3-6,9-10,12H2,1-2H3. The van der Waals surface area contributed by atoms with Gasteiger partial charge in [-0.05, 0) is 37.4 Å². The molecule has 0 saturated heterocycles. The number of nitrogens with one attached hydrogen (secondary N) is 1. The Bertz CT molecular complexity index is 364. The molecule has 0 spiro atoms. The zero-order valence-electron chi connectivity index (χ0n) is 12.2. The van der Waals surface area contributed by atoms with Crippen molar-refractivity contribution in [1.29, 1.82) is 0 Å². The summed E-state index contributed by atoms with van der Waals surface area (Å²) in [6.45, 7) is 3.81. The molecule has 2 rings (SSSR count). The van der Waals surface area contributed by atoms with E-state index in [0.29, 0.717) is 12.7 Å². The fraction of sp³-hybridized carbons (Fsp3) is 0.688. The van der Waals surface area contributed by atoms with E-state index in [1.807, 2.05) is 13.2 Å². The first-order valence-electron chi connectivity index (χ1n) is 7.51. The molecule has 1 N–H and O–H groups in total. The van der Waals surface area contributed by atoms with Crippen molar-refractivity contribution in [2.24, 2.45) is 5.92 Å². The maximum atomic E-state index is 6.02. The average Bonchev–Trinajstić information content (AvgIpc) is 2.47. The molecular formula is C16H26N2O. The van der Waals surface area contributed by atoms with Gasteiger partial charge in [-0.15, -0.1) is 0 Å². The first kappa shape index (κ1) is 14.5. The molecule has 0 radical (unpaired) electrons. The van der Waals surface area contributed by atoms with Crippen LogP contribution in [0.5, 0.6) is 0 Å². The Morgan fingerprint density at radius 2 is 2.26 bits per heavy atom. The Hall–Kier alpha value is -0.930. The van der Waals surface area contributed by atoms with Gasteiger partial charge in [0, 0.05) is 12.7 Å². The first-order valence-corrected chi connectivity index (χ1v) is 7.51. The van der Waals surface area contributed by atoms with Gasteiger partial charge >= 0.3 is 0 Å². The summed E-state index contributed by atoms with van der Waals surface area (Å²) in [5.41, 5.74) is 2.26. The summed E-state index contributed by atoms with van der Waals surface area (Å²) in [5, 5.41) is 3.13. The van der Waals surface area contributed by atoms with Crippen LogP contribution in [0.1, 0.15) is 50.3 Å². The monoisotopic (exact) mass is 262 g/mol. The lowest BCUT2D eigenvalue weighted by atomic mass is 9.85. The van der Waals surface area contributed by atoms with Crippen LogP contribution in [-0.2, 0) is 17.9 Å². The molecule has 1 saturated carbocycles. The molecule has 1 aliphatic carbocycles. The van der Waals surface area contributed by atoms with Gasteiger partial charge in [0.25, 0.3) is 0 Å². The van der Waals surface area contributed by atoms with Crippen LogP contribution in [-0.4, -0.2) is 18.1 Å². The Morgan fingerprint density at radius 1 is 1.37 bits per heavy atom. The topological polar surface area (TPSA) is 34.1 Å². The third-order valence-electron chi connectivity index (χ3n) is 4.05. The lowest BCUT2D eigenvalue weighted by Gasteiger charge is -2.28. The van der Waals surface area contributed by atoms with Gasteiger partial charge in [-0.25, -0.2) is 0 Å².